The van der Waals surface area contributed by atoms with Gasteiger partial charge in [-0.05, 0) is 31.5 Å². The number of nitrogens with zero attached hydrogens (tertiary/aromatic N) is 3. The van der Waals surface area contributed by atoms with Crippen molar-refractivity contribution in [3.05, 3.63) is 47.3 Å². The van der Waals surface area contributed by atoms with E-state index < -0.39 is 5.97 Å². The van der Waals surface area contributed by atoms with Crippen LogP contribution in [0.2, 0.25) is 0 Å². The van der Waals surface area contributed by atoms with E-state index in [1.807, 2.05) is 10.9 Å². The third-order valence-electron chi connectivity index (χ3n) is 2.92. The van der Waals surface area contributed by atoms with Gasteiger partial charge in [0.25, 0.3) is 0 Å². The number of hydrogen-bond acceptors (Lipinski definition) is 4. The number of rotatable bonds is 6. The molecule has 0 aliphatic heterocycles. The lowest BCUT2D eigenvalue weighted by molar-refractivity contribution is 0.0697. The number of carbonyl (C=O) groups is 1. The van der Waals surface area contributed by atoms with Crippen molar-refractivity contribution in [3.63, 3.8) is 0 Å². The van der Waals surface area contributed by atoms with Crippen LogP contribution in [0.25, 0.3) is 0 Å². The molecule has 1 aromatic heterocycles. The summed E-state index contributed by atoms with van der Waals surface area (Å²) < 4.78 is 1.82. The maximum atomic E-state index is 10.7. The zero-order chi connectivity index (χ0) is 14.5. The Kier molecular flexibility index (Phi) is 4.47. The van der Waals surface area contributed by atoms with Crippen molar-refractivity contribution in [3.8, 4) is 0 Å². The summed E-state index contributed by atoms with van der Waals surface area (Å²) in [5.74, 6) is -0.908. The van der Waals surface area contributed by atoms with Gasteiger partial charge in [0.15, 0.2) is 0 Å². The standard InChI is InChI=1S/C14H18N4O2/c1-10(2)18-9-13(16-17-18)8-15-7-11-3-5-12(6-4-11)14(19)20/h3-6,9-10,15H,7-8H2,1-2H3,(H,19,20). The molecule has 0 aliphatic rings. The van der Waals surface area contributed by atoms with E-state index >= 15 is 0 Å². The molecule has 2 aromatic rings. The lowest BCUT2D eigenvalue weighted by Crippen LogP contribution is -2.13. The van der Waals surface area contributed by atoms with Crippen LogP contribution in [0.15, 0.2) is 30.5 Å². The van der Waals surface area contributed by atoms with Gasteiger partial charge in [0.05, 0.1) is 17.5 Å². The fourth-order valence-corrected chi connectivity index (χ4v) is 1.75. The first-order valence-electron chi connectivity index (χ1n) is 6.50. The molecule has 0 fully saturated rings. The van der Waals surface area contributed by atoms with E-state index in [-0.39, 0.29) is 0 Å². The summed E-state index contributed by atoms with van der Waals surface area (Å²) >= 11 is 0. The van der Waals surface area contributed by atoms with Crippen LogP contribution in [-0.2, 0) is 13.1 Å². The fourth-order valence-electron chi connectivity index (χ4n) is 1.75. The number of nitrogens with one attached hydrogen (secondary N) is 1. The van der Waals surface area contributed by atoms with Gasteiger partial charge >= 0.3 is 5.97 Å². The van der Waals surface area contributed by atoms with Crippen molar-refractivity contribution in [2.45, 2.75) is 33.0 Å². The lowest BCUT2D eigenvalue weighted by Gasteiger charge is -2.04. The summed E-state index contributed by atoms with van der Waals surface area (Å²) in [7, 11) is 0. The molecule has 0 saturated heterocycles. The minimum Gasteiger partial charge on any atom is -0.478 e. The second kappa shape index (κ2) is 6.29. The van der Waals surface area contributed by atoms with Gasteiger partial charge in [-0.1, -0.05) is 17.3 Å². The third kappa shape index (κ3) is 3.64. The van der Waals surface area contributed by atoms with Gasteiger partial charge < -0.3 is 10.4 Å². The average molecular weight is 274 g/mol. The Morgan fingerprint density at radius 3 is 2.55 bits per heavy atom. The van der Waals surface area contributed by atoms with Crippen LogP contribution in [0.1, 0.15) is 41.5 Å². The van der Waals surface area contributed by atoms with Crippen molar-refractivity contribution >= 4 is 5.97 Å². The monoisotopic (exact) mass is 274 g/mol. The predicted octanol–water partition coefficient (Wildman–Crippen LogP) is 1.85. The maximum Gasteiger partial charge on any atom is 0.335 e. The fraction of sp³-hybridized carbons (Fsp3) is 0.357. The Balaban J connectivity index is 1.84. The van der Waals surface area contributed by atoms with Crippen molar-refractivity contribution in [2.75, 3.05) is 0 Å². The van der Waals surface area contributed by atoms with Crippen molar-refractivity contribution in [1.29, 1.82) is 0 Å². The van der Waals surface area contributed by atoms with E-state index in [0.717, 1.165) is 11.3 Å². The molecule has 6 nitrogen and oxygen atoms in total. The molecule has 0 saturated carbocycles. The van der Waals surface area contributed by atoms with Crippen LogP contribution in [0, 0.1) is 0 Å². The van der Waals surface area contributed by atoms with E-state index in [1.165, 1.54) is 0 Å². The molecule has 106 valence electrons. The van der Waals surface area contributed by atoms with Gasteiger partial charge in [-0.3, -0.25) is 0 Å². The number of aromatic carboxylic acids is 1. The molecule has 20 heavy (non-hydrogen) atoms. The summed E-state index contributed by atoms with van der Waals surface area (Å²) in [6.07, 6.45) is 1.92. The van der Waals surface area contributed by atoms with Crippen molar-refractivity contribution < 1.29 is 9.90 Å². The Morgan fingerprint density at radius 1 is 1.30 bits per heavy atom. The summed E-state index contributed by atoms with van der Waals surface area (Å²) in [6.45, 7) is 5.40. The zero-order valence-electron chi connectivity index (χ0n) is 11.6. The first-order chi connectivity index (χ1) is 9.56. The quantitative estimate of drug-likeness (QED) is 0.840. The molecule has 1 aromatic carbocycles. The Hall–Kier alpha value is -2.21. The molecule has 0 bridgehead atoms. The molecule has 0 unspecified atom stereocenters. The van der Waals surface area contributed by atoms with Crippen LogP contribution < -0.4 is 5.32 Å². The number of carboxylic acids is 1. The van der Waals surface area contributed by atoms with E-state index in [1.54, 1.807) is 24.3 Å². The van der Waals surface area contributed by atoms with Gasteiger partial charge in [-0.25, -0.2) is 9.48 Å². The zero-order valence-corrected chi connectivity index (χ0v) is 11.6. The first kappa shape index (κ1) is 14.2. The van der Waals surface area contributed by atoms with Crippen LogP contribution >= 0.6 is 0 Å². The average Bonchev–Trinajstić information content (AvgIpc) is 2.88. The molecule has 6 heteroatoms. The van der Waals surface area contributed by atoms with Gasteiger partial charge in [0.1, 0.15) is 0 Å². The maximum absolute atomic E-state index is 10.7. The summed E-state index contributed by atoms with van der Waals surface area (Å²) in [4.78, 5) is 10.7. The Labute approximate surface area is 117 Å². The largest absolute Gasteiger partial charge is 0.478 e. The lowest BCUT2D eigenvalue weighted by atomic mass is 10.1. The molecule has 0 spiro atoms. The van der Waals surface area contributed by atoms with Gasteiger partial charge in [0, 0.05) is 19.1 Å². The molecule has 0 radical (unpaired) electrons. The topological polar surface area (TPSA) is 80.0 Å². The summed E-state index contributed by atoms with van der Waals surface area (Å²) in [5.41, 5.74) is 2.22. The second-order valence-electron chi connectivity index (χ2n) is 4.89. The normalized spacial score (nSPS) is 10.9. The van der Waals surface area contributed by atoms with Crippen LogP contribution in [0.5, 0.6) is 0 Å². The Morgan fingerprint density at radius 2 is 2.00 bits per heavy atom. The van der Waals surface area contributed by atoms with E-state index in [4.69, 9.17) is 5.11 Å². The molecule has 0 amide bonds. The summed E-state index contributed by atoms with van der Waals surface area (Å²) in [5, 5.41) is 20.2. The highest BCUT2D eigenvalue weighted by molar-refractivity contribution is 5.87. The highest BCUT2D eigenvalue weighted by Gasteiger charge is 2.04. The number of aromatic nitrogens is 3. The van der Waals surface area contributed by atoms with Crippen LogP contribution in [0.4, 0.5) is 0 Å². The molecule has 2 N–H and O–H groups in total. The molecule has 0 aliphatic carbocycles. The van der Waals surface area contributed by atoms with Crippen LogP contribution in [-0.4, -0.2) is 26.1 Å². The highest BCUT2D eigenvalue weighted by atomic mass is 16.4. The molecular weight excluding hydrogens is 256 g/mol. The van der Waals surface area contributed by atoms with Gasteiger partial charge in [-0.2, -0.15) is 0 Å². The molecule has 1 heterocycles. The van der Waals surface area contributed by atoms with E-state index in [9.17, 15) is 4.79 Å². The SMILES string of the molecule is CC(C)n1cc(CNCc2ccc(C(=O)O)cc2)nn1. The third-order valence-corrected chi connectivity index (χ3v) is 2.92. The second-order valence-corrected chi connectivity index (χ2v) is 4.89. The smallest absolute Gasteiger partial charge is 0.335 e. The summed E-state index contributed by atoms with van der Waals surface area (Å²) in [6, 6.07) is 7.13. The first-order valence-corrected chi connectivity index (χ1v) is 6.50. The van der Waals surface area contributed by atoms with Crippen LogP contribution in [0.3, 0.4) is 0 Å². The number of hydrogen-bond donors (Lipinski definition) is 2. The van der Waals surface area contributed by atoms with Gasteiger partial charge in [0.2, 0.25) is 0 Å². The number of benzene rings is 1. The molecular formula is C14H18N4O2. The van der Waals surface area contributed by atoms with E-state index in [0.29, 0.717) is 24.7 Å². The van der Waals surface area contributed by atoms with E-state index in [2.05, 4.69) is 29.5 Å². The predicted molar refractivity (Wildman–Crippen MR) is 74.4 cm³/mol. The van der Waals surface area contributed by atoms with Crippen molar-refractivity contribution in [1.82, 2.24) is 20.3 Å². The molecule has 2 rings (SSSR count). The highest BCUT2D eigenvalue weighted by Crippen LogP contribution is 2.05. The number of carboxylic acid groups (broad SMARTS) is 1. The van der Waals surface area contributed by atoms with Crippen molar-refractivity contribution in [2.24, 2.45) is 0 Å². The molecule has 0 atom stereocenters. The minimum atomic E-state index is -0.908. The van der Waals surface area contributed by atoms with Gasteiger partial charge in [-0.15, -0.1) is 5.10 Å². The Bertz CT molecular complexity index is 575. The minimum absolute atomic E-state index is 0.300.